The van der Waals surface area contributed by atoms with Crippen molar-refractivity contribution in [3.63, 3.8) is 0 Å². The van der Waals surface area contributed by atoms with E-state index in [9.17, 15) is 5.11 Å². The van der Waals surface area contributed by atoms with Gasteiger partial charge in [-0.1, -0.05) is 98.5 Å². The van der Waals surface area contributed by atoms with Gasteiger partial charge in [0, 0.05) is 6.04 Å². The van der Waals surface area contributed by atoms with Gasteiger partial charge >= 0.3 is 0 Å². The van der Waals surface area contributed by atoms with Crippen LogP contribution in [0.3, 0.4) is 0 Å². The zero-order chi connectivity index (χ0) is 22.6. The van der Waals surface area contributed by atoms with Crippen LogP contribution in [0.1, 0.15) is 25.3 Å². The summed E-state index contributed by atoms with van der Waals surface area (Å²) in [6, 6.07) is 31.5. The Morgan fingerprint density at radius 2 is 1.25 bits per heavy atom. The molecule has 0 saturated carbocycles. The SMILES string of the molecule is CC(C)c1ccc(N=Nc2cc(P(=S)(c3ccccc3)c3ccccc3)ccc2O)cc1. The topological polar surface area (TPSA) is 45.0 Å². The van der Waals surface area contributed by atoms with Gasteiger partial charge in [-0.15, -0.1) is 5.11 Å². The lowest BCUT2D eigenvalue weighted by atomic mass is 10.0. The lowest BCUT2D eigenvalue weighted by Crippen LogP contribution is -2.24. The predicted octanol–water partition coefficient (Wildman–Crippen LogP) is 6.69. The zero-order valence-corrected chi connectivity index (χ0v) is 19.8. The molecule has 0 unspecified atom stereocenters. The van der Waals surface area contributed by atoms with E-state index in [1.807, 2.05) is 60.7 Å². The number of benzene rings is 4. The Labute approximate surface area is 194 Å². The molecule has 0 bridgehead atoms. The van der Waals surface area contributed by atoms with Gasteiger partial charge in [0.05, 0.1) is 5.69 Å². The number of hydrogen-bond donors (Lipinski definition) is 1. The van der Waals surface area contributed by atoms with E-state index < -0.39 is 6.04 Å². The van der Waals surface area contributed by atoms with Crippen LogP contribution >= 0.6 is 6.04 Å². The summed E-state index contributed by atoms with van der Waals surface area (Å²) in [6.45, 7) is 4.31. The molecule has 1 N–H and O–H groups in total. The van der Waals surface area contributed by atoms with Crippen LogP contribution in [-0.2, 0) is 11.8 Å². The van der Waals surface area contributed by atoms with Crippen molar-refractivity contribution in [1.29, 1.82) is 0 Å². The van der Waals surface area contributed by atoms with Gasteiger partial charge in [0.15, 0.2) is 0 Å². The molecule has 0 saturated heterocycles. The molecular weight excluding hydrogens is 431 g/mol. The number of aromatic hydroxyl groups is 1. The average molecular weight is 457 g/mol. The van der Waals surface area contributed by atoms with Crippen LogP contribution in [0.15, 0.2) is 113 Å². The molecule has 0 heterocycles. The number of phenols is 1. The number of phenolic OH excluding ortho intramolecular Hbond substituents is 1. The Bertz CT molecular complexity index is 1230. The van der Waals surface area contributed by atoms with Gasteiger partial charge in [-0.25, -0.2) is 0 Å². The third kappa shape index (κ3) is 4.57. The largest absolute Gasteiger partial charge is 0.506 e. The summed E-state index contributed by atoms with van der Waals surface area (Å²) in [4.78, 5) is 0. The van der Waals surface area contributed by atoms with E-state index in [1.165, 1.54) is 5.56 Å². The van der Waals surface area contributed by atoms with Crippen molar-refractivity contribution in [2.24, 2.45) is 10.2 Å². The zero-order valence-electron chi connectivity index (χ0n) is 18.1. The molecule has 0 aliphatic heterocycles. The van der Waals surface area contributed by atoms with Crippen LogP contribution in [0.25, 0.3) is 0 Å². The molecule has 4 aromatic rings. The van der Waals surface area contributed by atoms with Crippen molar-refractivity contribution in [2.75, 3.05) is 0 Å². The maximum absolute atomic E-state index is 10.5. The second kappa shape index (κ2) is 9.60. The van der Waals surface area contributed by atoms with Crippen molar-refractivity contribution >= 4 is 45.1 Å². The first-order valence-electron chi connectivity index (χ1n) is 10.5. The molecule has 0 spiro atoms. The molecule has 4 aromatic carbocycles. The highest BCUT2D eigenvalue weighted by Gasteiger charge is 2.25. The fraction of sp³-hybridized carbons (Fsp3) is 0.111. The maximum Gasteiger partial charge on any atom is 0.143 e. The third-order valence-corrected chi connectivity index (χ3v) is 10.3. The summed E-state index contributed by atoms with van der Waals surface area (Å²) >= 11 is 6.38. The van der Waals surface area contributed by atoms with Crippen LogP contribution in [0.4, 0.5) is 11.4 Å². The van der Waals surface area contributed by atoms with E-state index in [2.05, 4.69) is 60.5 Å². The first-order chi connectivity index (χ1) is 15.5. The molecular formula is C27H25N2OPS. The van der Waals surface area contributed by atoms with Crippen LogP contribution in [0.2, 0.25) is 0 Å². The Hall–Kier alpha value is -3.07. The Morgan fingerprint density at radius 1 is 0.688 bits per heavy atom. The fourth-order valence-corrected chi connectivity index (χ4v) is 7.29. The van der Waals surface area contributed by atoms with Gasteiger partial charge in [-0.05, 0) is 57.7 Å². The quantitative estimate of drug-likeness (QED) is 0.260. The normalized spacial score (nSPS) is 11.8. The summed E-state index contributed by atoms with van der Waals surface area (Å²) in [6.07, 6.45) is 0. The van der Waals surface area contributed by atoms with Crippen molar-refractivity contribution in [1.82, 2.24) is 0 Å². The molecule has 3 nitrogen and oxygen atoms in total. The highest BCUT2D eigenvalue weighted by atomic mass is 32.4. The fourth-order valence-electron chi connectivity index (χ4n) is 3.55. The molecule has 0 aromatic heterocycles. The van der Waals surface area contributed by atoms with E-state index in [4.69, 9.17) is 11.8 Å². The number of rotatable bonds is 6. The van der Waals surface area contributed by atoms with Gasteiger partial charge < -0.3 is 5.11 Å². The average Bonchev–Trinajstić information content (AvgIpc) is 2.84. The Kier molecular flexibility index (Phi) is 6.64. The second-order valence-corrected chi connectivity index (χ2v) is 12.3. The van der Waals surface area contributed by atoms with E-state index in [-0.39, 0.29) is 5.75 Å². The lowest BCUT2D eigenvalue weighted by molar-refractivity contribution is 0.476. The molecule has 32 heavy (non-hydrogen) atoms. The highest BCUT2D eigenvalue weighted by molar-refractivity contribution is 8.25. The van der Waals surface area contributed by atoms with Crippen molar-refractivity contribution in [3.05, 3.63) is 109 Å². The van der Waals surface area contributed by atoms with Gasteiger partial charge in [-0.3, -0.25) is 0 Å². The number of azo groups is 1. The molecule has 0 aliphatic rings. The smallest absolute Gasteiger partial charge is 0.143 e. The summed E-state index contributed by atoms with van der Waals surface area (Å²) in [7, 11) is 0. The van der Waals surface area contributed by atoms with E-state index in [0.29, 0.717) is 11.6 Å². The summed E-state index contributed by atoms with van der Waals surface area (Å²) in [5, 5.41) is 22.3. The van der Waals surface area contributed by atoms with Crippen molar-refractivity contribution in [3.8, 4) is 5.75 Å². The van der Waals surface area contributed by atoms with Crippen LogP contribution < -0.4 is 15.9 Å². The molecule has 160 valence electrons. The standard InChI is InChI=1S/C27H25N2OPS/c1-20(2)21-13-15-22(16-14-21)28-29-26-19-25(17-18-27(26)30)31(32,23-9-5-3-6-10-23)24-11-7-4-8-12-24/h3-20,30H,1-2H3. The lowest BCUT2D eigenvalue weighted by Gasteiger charge is -2.24. The van der Waals surface area contributed by atoms with E-state index >= 15 is 0 Å². The van der Waals surface area contributed by atoms with Crippen molar-refractivity contribution < 1.29 is 5.11 Å². The maximum atomic E-state index is 10.5. The minimum absolute atomic E-state index is 0.0824. The van der Waals surface area contributed by atoms with Crippen LogP contribution in [0.5, 0.6) is 5.75 Å². The predicted molar refractivity (Wildman–Crippen MR) is 139 cm³/mol. The minimum Gasteiger partial charge on any atom is -0.506 e. The van der Waals surface area contributed by atoms with Gasteiger partial charge in [0.1, 0.15) is 11.4 Å². The summed E-state index contributed by atoms with van der Waals surface area (Å²) in [5.41, 5.74) is 2.40. The third-order valence-electron chi connectivity index (χ3n) is 5.40. The molecule has 0 aliphatic carbocycles. The molecule has 0 radical (unpaired) electrons. The molecule has 5 heteroatoms. The summed E-state index contributed by atoms with van der Waals surface area (Å²) < 4.78 is 0. The minimum atomic E-state index is -2.32. The molecule has 0 fully saturated rings. The molecule has 0 amide bonds. The van der Waals surface area contributed by atoms with Gasteiger partial charge in [-0.2, -0.15) is 5.11 Å². The monoisotopic (exact) mass is 456 g/mol. The van der Waals surface area contributed by atoms with E-state index in [1.54, 1.807) is 6.07 Å². The van der Waals surface area contributed by atoms with Gasteiger partial charge in [0.2, 0.25) is 0 Å². The number of hydrogen-bond acceptors (Lipinski definition) is 4. The second-order valence-electron chi connectivity index (χ2n) is 7.90. The number of nitrogens with zero attached hydrogens (tertiary/aromatic N) is 2. The molecule has 0 atom stereocenters. The molecule has 4 rings (SSSR count). The highest BCUT2D eigenvalue weighted by Crippen LogP contribution is 2.44. The van der Waals surface area contributed by atoms with E-state index in [0.717, 1.165) is 21.6 Å². The first-order valence-corrected chi connectivity index (χ1v) is 13.4. The van der Waals surface area contributed by atoms with Crippen LogP contribution in [0, 0.1) is 0 Å². The van der Waals surface area contributed by atoms with Crippen LogP contribution in [-0.4, -0.2) is 5.11 Å². The first kappa shape index (κ1) is 22.1. The Morgan fingerprint density at radius 3 is 1.78 bits per heavy atom. The van der Waals surface area contributed by atoms with Gasteiger partial charge in [0.25, 0.3) is 0 Å². The summed E-state index contributed by atoms with van der Waals surface area (Å²) in [5.74, 6) is 0.542. The van der Waals surface area contributed by atoms with Crippen molar-refractivity contribution in [2.45, 2.75) is 19.8 Å². The Balaban J connectivity index is 1.76.